The molecule has 0 unspecified atom stereocenters. The van der Waals surface area contributed by atoms with Gasteiger partial charge in [-0.15, -0.1) is 0 Å². The van der Waals surface area contributed by atoms with Crippen molar-refractivity contribution in [3.05, 3.63) is 22.1 Å². The van der Waals surface area contributed by atoms with Crippen LogP contribution in [-0.2, 0) is 0 Å². The van der Waals surface area contributed by atoms with E-state index in [0.717, 1.165) is 5.69 Å². The van der Waals surface area contributed by atoms with Crippen LogP contribution in [0.4, 0.5) is 0 Å². The average Bonchev–Trinajstić information content (AvgIpc) is 2.03. The molecule has 4 nitrogen and oxygen atoms in total. The quantitative estimate of drug-likeness (QED) is 0.713. The Kier molecular flexibility index (Phi) is 2.47. The number of ether oxygens (including phenoxy) is 1. The molecule has 0 atom stereocenters. The van der Waals surface area contributed by atoms with Crippen LogP contribution in [0.5, 0.6) is 5.75 Å². The van der Waals surface area contributed by atoms with E-state index in [1.54, 1.807) is 0 Å². The van der Waals surface area contributed by atoms with Crippen molar-refractivity contribution in [2.45, 2.75) is 19.8 Å². The van der Waals surface area contributed by atoms with Gasteiger partial charge in [0.25, 0.3) is 5.56 Å². The first-order valence-electron chi connectivity index (χ1n) is 3.78. The van der Waals surface area contributed by atoms with Crippen molar-refractivity contribution in [1.29, 1.82) is 0 Å². The lowest BCUT2D eigenvalue weighted by molar-refractivity contribution is 0.401. The predicted octanol–water partition coefficient (Wildman–Crippen LogP) is 0.902. The molecule has 0 radical (unpaired) electrons. The Labute approximate surface area is 70.6 Å². The van der Waals surface area contributed by atoms with E-state index in [1.165, 1.54) is 13.2 Å². The van der Waals surface area contributed by atoms with Gasteiger partial charge >= 0.3 is 0 Å². The number of hydrogen-bond acceptors (Lipinski definition) is 3. The number of rotatable bonds is 2. The number of nitrogens with zero attached hydrogens (tertiary/aromatic N) is 1. The molecule has 1 aromatic heterocycles. The van der Waals surface area contributed by atoms with Gasteiger partial charge in [0.2, 0.25) is 0 Å². The van der Waals surface area contributed by atoms with Crippen LogP contribution in [-0.4, -0.2) is 17.3 Å². The highest BCUT2D eigenvalue weighted by molar-refractivity contribution is 5.26. The van der Waals surface area contributed by atoms with Gasteiger partial charge < -0.3 is 4.74 Å². The highest BCUT2D eigenvalue weighted by Crippen LogP contribution is 2.20. The van der Waals surface area contributed by atoms with Crippen LogP contribution in [0, 0.1) is 0 Å². The monoisotopic (exact) mass is 168 g/mol. The second-order valence-electron chi connectivity index (χ2n) is 2.84. The zero-order chi connectivity index (χ0) is 9.14. The number of H-pyrrole nitrogens is 1. The van der Waals surface area contributed by atoms with E-state index in [-0.39, 0.29) is 11.5 Å². The summed E-state index contributed by atoms with van der Waals surface area (Å²) in [5.74, 6) is 0.797. The van der Waals surface area contributed by atoms with Crippen molar-refractivity contribution in [2.75, 3.05) is 7.11 Å². The fourth-order valence-corrected chi connectivity index (χ4v) is 0.973. The molecule has 66 valence electrons. The molecule has 12 heavy (non-hydrogen) atoms. The smallest absolute Gasteiger partial charge is 0.267 e. The van der Waals surface area contributed by atoms with Gasteiger partial charge in [0.15, 0.2) is 0 Å². The number of nitrogens with one attached hydrogen (secondary N) is 1. The maximum Gasteiger partial charge on any atom is 0.267 e. The lowest BCUT2D eigenvalue weighted by Gasteiger charge is -2.07. The van der Waals surface area contributed by atoms with Crippen molar-refractivity contribution < 1.29 is 4.74 Å². The zero-order valence-electron chi connectivity index (χ0n) is 7.42. The summed E-state index contributed by atoms with van der Waals surface area (Å²) in [6, 6.07) is 1.41. The van der Waals surface area contributed by atoms with Gasteiger partial charge in [-0.3, -0.25) is 4.79 Å². The third kappa shape index (κ3) is 1.64. The molecule has 0 spiro atoms. The van der Waals surface area contributed by atoms with Crippen molar-refractivity contribution >= 4 is 0 Å². The second kappa shape index (κ2) is 3.38. The van der Waals surface area contributed by atoms with Crippen LogP contribution >= 0.6 is 0 Å². The summed E-state index contributed by atoms with van der Waals surface area (Å²) in [4.78, 5) is 10.8. The predicted molar refractivity (Wildman–Crippen MR) is 45.5 cm³/mol. The van der Waals surface area contributed by atoms with Crippen molar-refractivity contribution in [1.82, 2.24) is 10.2 Å². The molecule has 0 saturated heterocycles. The normalized spacial score (nSPS) is 10.3. The molecular formula is C8H12N2O2. The summed E-state index contributed by atoms with van der Waals surface area (Å²) in [5.41, 5.74) is 0.536. The van der Waals surface area contributed by atoms with Gasteiger partial charge in [-0.1, -0.05) is 13.8 Å². The highest BCUT2D eigenvalue weighted by atomic mass is 16.5. The Balaban J connectivity index is 3.20. The van der Waals surface area contributed by atoms with Crippen molar-refractivity contribution in [2.24, 2.45) is 0 Å². The van der Waals surface area contributed by atoms with Crippen LogP contribution in [0.3, 0.4) is 0 Å². The topological polar surface area (TPSA) is 55.0 Å². The molecule has 0 amide bonds. The van der Waals surface area contributed by atoms with E-state index in [9.17, 15) is 4.79 Å². The fourth-order valence-electron chi connectivity index (χ4n) is 0.973. The SMILES string of the molecule is COc1cc(=O)[nH]nc1C(C)C. The largest absolute Gasteiger partial charge is 0.495 e. The molecular weight excluding hydrogens is 156 g/mol. The van der Waals surface area contributed by atoms with E-state index in [4.69, 9.17) is 4.74 Å². The van der Waals surface area contributed by atoms with Gasteiger partial charge in [-0.25, -0.2) is 5.10 Å². The number of aromatic amines is 1. The van der Waals surface area contributed by atoms with Crippen LogP contribution in [0.1, 0.15) is 25.5 Å². The molecule has 0 saturated carbocycles. The summed E-state index contributed by atoms with van der Waals surface area (Å²) >= 11 is 0. The molecule has 0 aliphatic carbocycles. The van der Waals surface area contributed by atoms with Crippen LogP contribution in [0.15, 0.2) is 10.9 Å². The van der Waals surface area contributed by atoms with Gasteiger partial charge in [-0.2, -0.15) is 5.10 Å². The standard InChI is InChI=1S/C8H12N2O2/c1-5(2)8-6(12-3)4-7(11)9-10-8/h4-5H,1-3H3,(H,9,11). The van der Waals surface area contributed by atoms with Gasteiger partial charge in [0.05, 0.1) is 7.11 Å². The second-order valence-corrected chi connectivity index (χ2v) is 2.84. The molecule has 1 heterocycles. The van der Waals surface area contributed by atoms with Crippen molar-refractivity contribution in [3.63, 3.8) is 0 Å². The molecule has 1 rings (SSSR count). The van der Waals surface area contributed by atoms with Crippen LogP contribution in [0.25, 0.3) is 0 Å². The summed E-state index contributed by atoms with van der Waals surface area (Å²) in [5, 5.41) is 6.26. The lowest BCUT2D eigenvalue weighted by Crippen LogP contribution is -2.11. The Morgan fingerprint density at radius 3 is 2.75 bits per heavy atom. The van der Waals surface area contributed by atoms with E-state index in [0.29, 0.717) is 5.75 Å². The third-order valence-electron chi connectivity index (χ3n) is 1.57. The average molecular weight is 168 g/mol. The summed E-state index contributed by atoms with van der Waals surface area (Å²) in [7, 11) is 1.53. The Morgan fingerprint density at radius 2 is 2.25 bits per heavy atom. The third-order valence-corrected chi connectivity index (χ3v) is 1.57. The summed E-state index contributed by atoms with van der Waals surface area (Å²) in [6.45, 7) is 3.98. The van der Waals surface area contributed by atoms with Crippen molar-refractivity contribution in [3.8, 4) is 5.75 Å². The molecule has 0 aliphatic heterocycles. The van der Waals surface area contributed by atoms with Crippen LogP contribution in [0.2, 0.25) is 0 Å². The first kappa shape index (κ1) is 8.77. The summed E-state index contributed by atoms with van der Waals surface area (Å²) in [6.07, 6.45) is 0. The first-order valence-corrected chi connectivity index (χ1v) is 3.78. The summed E-state index contributed by atoms with van der Waals surface area (Å²) < 4.78 is 5.00. The Morgan fingerprint density at radius 1 is 1.58 bits per heavy atom. The maximum absolute atomic E-state index is 10.8. The van der Waals surface area contributed by atoms with Gasteiger partial charge in [0.1, 0.15) is 11.4 Å². The Hall–Kier alpha value is -1.32. The number of hydrogen-bond donors (Lipinski definition) is 1. The van der Waals surface area contributed by atoms with Crippen LogP contribution < -0.4 is 10.3 Å². The molecule has 4 heteroatoms. The van der Waals surface area contributed by atoms with E-state index in [2.05, 4.69) is 10.2 Å². The zero-order valence-corrected chi connectivity index (χ0v) is 7.42. The van der Waals surface area contributed by atoms with E-state index in [1.807, 2.05) is 13.8 Å². The maximum atomic E-state index is 10.8. The highest BCUT2D eigenvalue weighted by Gasteiger charge is 2.08. The van der Waals surface area contributed by atoms with E-state index < -0.39 is 0 Å². The number of methoxy groups -OCH3 is 1. The molecule has 1 aromatic rings. The molecule has 0 aromatic carbocycles. The van der Waals surface area contributed by atoms with E-state index >= 15 is 0 Å². The first-order chi connectivity index (χ1) is 5.65. The lowest BCUT2D eigenvalue weighted by atomic mass is 10.1. The minimum absolute atomic E-state index is 0.240. The molecule has 1 N–H and O–H groups in total. The molecule has 0 aliphatic rings. The van der Waals surface area contributed by atoms with Gasteiger partial charge in [-0.05, 0) is 0 Å². The Bertz CT molecular complexity index is 317. The number of aromatic nitrogens is 2. The fraction of sp³-hybridized carbons (Fsp3) is 0.500. The molecule has 0 bridgehead atoms. The molecule has 0 fully saturated rings. The van der Waals surface area contributed by atoms with Gasteiger partial charge in [0, 0.05) is 12.0 Å². The minimum atomic E-state index is -0.240. The minimum Gasteiger partial charge on any atom is -0.495 e.